The molecule has 0 unspecified atom stereocenters. The van der Waals surface area contributed by atoms with Crippen LogP contribution in [0.5, 0.6) is 0 Å². The van der Waals surface area contributed by atoms with E-state index in [2.05, 4.69) is 4.90 Å². The topological polar surface area (TPSA) is 106 Å². The van der Waals surface area contributed by atoms with E-state index in [9.17, 15) is 19.7 Å². The van der Waals surface area contributed by atoms with Gasteiger partial charge in [0.1, 0.15) is 5.58 Å². The number of nitro benzene ring substituents is 1. The Morgan fingerprint density at radius 3 is 2.48 bits per heavy atom. The fraction of sp³-hybridized carbons (Fsp3) is 0.333. The van der Waals surface area contributed by atoms with Gasteiger partial charge in [0.25, 0.3) is 11.6 Å². The van der Waals surface area contributed by atoms with Crippen LogP contribution in [0.25, 0.3) is 11.0 Å². The Morgan fingerprint density at radius 1 is 1.06 bits per heavy atom. The van der Waals surface area contributed by atoms with Crippen LogP contribution < -0.4 is 5.43 Å². The molecule has 0 radical (unpaired) electrons. The van der Waals surface area contributed by atoms with Crippen LogP contribution in [0.4, 0.5) is 5.69 Å². The first-order chi connectivity index (χ1) is 15.9. The summed E-state index contributed by atoms with van der Waals surface area (Å²) >= 11 is 0. The molecule has 0 saturated carbocycles. The maximum Gasteiger partial charge on any atom is 0.290 e. The second kappa shape index (κ2) is 8.42. The summed E-state index contributed by atoms with van der Waals surface area (Å²) in [5.74, 6) is -0.303. The summed E-state index contributed by atoms with van der Waals surface area (Å²) in [7, 11) is 0. The number of carbonyl (C=O) groups is 1. The average molecular weight is 449 g/mol. The zero-order valence-corrected chi connectivity index (χ0v) is 18.2. The molecule has 2 aromatic carbocycles. The van der Waals surface area contributed by atoms with Crippen LogP contribution in [-0.2, 0) is 4.74 Å². The molecule has 0 aliphatic carbocycles. The van der Waals surface area contributed by atoms with Crippen molar-refractivity contribution in [3.05, 3.63) is 85.3 Å². The van der Waals surface area contributed by atoms with E-state index < -0.39 is 11.0 Å². The minimum absolute atomic E-state index is 0.0432. The highest BCUT2D eigenvalue weighted by Gasteiger charge is 2.42. The van der Waals surface area contributed by atoms with E-state index in [0.717, 1.165) is 18.7 Å². The molecular weight excluding hydrogens is 426 g/mol. The number of aryl methyl sites for hydroxylation is 1. The highest BCUT2D eigenvalue weighted by atomic mass is 16.6. The van der Waals surface area contributed by atoms with E-state index in [-0.39, 0.29) is 28.3 Å². The lowest BCUT2D eigenvalue weighted by atomic mass is 9.98. The number of benzene rings is 2. The molecule has 1 fully saturated rings. The molecule has 33 heavy (non-hydrogen) atoms. The number of carbonyl (C=O) groups excluding carboxylic acids is 1. The Morgan fingerprint density at radius 2 is 1.79 bits per heavy atom. The molecule has 0 spiro atoms. The first kappa shape index (κ1) is 21.3. The average Bonchev–Trinajstić information content (AvgIpc) is 3.10. The third-order valence-corrected chi connectivity index (χ3v) is 6.30. The van der Waals surface area contributed by atoms with Gasteiger partial charge in [0.2, 0.25) is 5.76 Å². The second-order valence-corrected chi connectivity index (χ2v) is 8.38. The number of rotatable bonds is 5. The van der Waals surface area contributed by atoms with Gasteiger partial charge in [-0.2, -0.15) is 0 Å². The number of hydrogen-bond acceptors (Lipinski definition) is 7. The molecule has 2 aliphatic heterocycles. The fourth-order valence-electron chi connectivity index (χ4n) is 4.56. The van der Waals surface area contributed by atoms with Gasteiger partial charge in [-0.15, -0.1) is 0 Å². The summed E-state index contributed by atoms with van der Waals surface area (Å²) in [6.07, 6.45) is 0. The molecule has 5 rings (SSSR count). The summed E-state index contributed by atoms with van der Waals surface area (Å²) in [5.41, 5.74) is 1.90. The highest BCUT2D eigenvalue weighted by molar-refractivity contribution is 5.99. The standard InChI is InChI=1S/C24H23N3O6/c1-15-2-7-19-18(14-15)22(28)20-21(16-3-5-17(6-4-16)27(30)31)26(24(29)23(20)33-19)9-8-25-10-12-32-13-11-25/h2-7,14,21H,8-13H2,1H3/t21-/m0/s1. The number of fused-ring (bicyclic) bond motifs is 2. The Labute approximate surface area is 189 Å². The SMILES string of the molecule is Cc1ccc2oc3c(c(=O)c2c1)[C@H](c1ccc([N+](=O)[O-])cc1)N(CCN1CCOCC1)C3=O. The summed E-state index contributed by atoms with van der Waals surface area (Å²) in [6, 6.07) is 10.6. The molecular formula is C24H23N3O6. The zero-order valence-electron chi connectivity index (χ0n) is 18.2. The summed E-state index contributed by atoms with van der Waals surface area (Å²) < 4.78 is 11.4. The molecule has 9 nitrogen and oxygen atoms in total. The molecule has 1 atom stereocenters. The predicted octanol–water partition coefficient (Wildman–Crippen LogP) is 2.89. The highest BCUT2D eigenvalue weighted by Crippen LogP contribution is 2.38. The van der Waals surface area contributed by atoms with Crippen molar-refractivity contribution in [1.82, 2.24) is 9.80 Å². The largest absolute Gasteiger partial charge is 0.450 e. The molecule has 9 heteroatoms. The van der Waals surface area contributed by atoms with Gasteiger partial charge in [-0.05, 0) is 36.8 Å². The number of ether oxygens (including phenoxy) is 1. The van der Waals surface area contributed by atoms with Crippen LogP contribution >= 0.6 is 0 Å². The zero-order chi connectivity index (χ0) is 23.1. The van der Waals surface area contributed by atoms with Crippen LogP contribution in [0, 0.1) is 17.0 Å². The van der Waals surface area contributed by atoms with Crippen molar-refractivity contribution in [2.45, 2.75) is 13.0 Å². The number of morpholine rings is 1. The first-order valence-electron chi connectivity index (χ1n) is 10.9. The monoisotopic (exact) mass is 449 g/mol. The molecule has 170 valence electrons. The van der Waals surface area contributed by atoms with Crippen molar-refractivity contribution in [2.24, 2.45) is 0 Å². The Kier molecular flexibility index (Phi) is 5.43. The van der Waals surface area contributed by atoms with Crippen molar-refractivity contribution in [3.63, 3.8) is 0 Å². The van der Waals surface area contributed by atoms with Gasteiger partial charge in [-0.1, -0.05) is 11.6 Å². The first-order valence-corrected chi connectivity index (χ1v) is 10.9. The van der Waals surface area contributed by atoms with E-state index in [1.165, 1.54) is 12.1 Å². The van der Waals surface area contributed by atoms with Gasteiger partial charge in [-0.3, -0.25) is 24.6 Å². The van der Waals surface area contributed by atoms with Gasteiger partial charge in [0, 0.05) is 38.3 Å². The van der Waals surface area contributed by atoms with Gasteiger partial charge < -0.3 is 14.1 Å². The third-order valence-electron chi connectivity index (χ3n) is 6.30. The minimum Gasteiger partial charge on any atom is -0.450 e. The number of nitrogens with zero attached hydrogens (tertiary/aromatic N) is 3. The normalized spacial score (nSPS) is 18.6. The van der Waals surface area contributed by atoms with E-state index in [1.807, 2.05) is 13.0 Å². The molecule has 0 N–H and O–H groups in total. The van der Waals surface area contributed by atoms with Gasteiger partial charge in [-0.25, -0.2) is 0 Å². The fourth-order valence-corrected chi connectivity index (χ4v) is 4.56. The molecule has 1 aromatic heterocycles. The quantitative estimate of drug-likeness (QED) is 0.435. The third kappa shape index (κ3) is 3.79. The van der Waals surface area contributed by atoms with Crippen LogP contribution in [0.1, 0.15) is 33.3 Å². The maximum absolute atomic E-state index is 13.6. The van der Waals surface area contributed by atoms with Crippen LogP contribution in [-0.4, -0.2) is 60.0 Å². The van der Waals surface area contributed by atoms with Crippen LogP contribution in [0.2, 0.25) is 0 Å². The molecule has 1 saturated heterocycles. The smallest absolute Gasteiger partial charge is 0.290 e. The number of hydrogen-bond donors (Lipinski definition) is 0. The van der Waals surface area contributed by atoms with Crippen LogP contribution in [0.15, 0.2) is 51.7 Å². The summed E-state index contributed by atoms with van der Waals surface area (Å²) in [4.78, 5) is 41.5. The van der Waals surface area contributed by atoms with Crippen molar-refractivity contribution in [3.8, 4) is 0 Å². The lowest BCUT2D eigenvalue weighted by Crippen LogP contribution is -2.42. The van der Waals surface area contributed by atoms with E-state index >= 15 is 0 Å². The number of non-ortho nitro benzene ring substituents is 1. The van der Waals surface area contributed by atoms with Crippen molar-refractivity contribution in [1.29, 1.82) is 0 Å². The number of nitro groups is 1. The van der Waals surface area contributed by atoms with Gasteiger partial charge >= 0.3 is 0 Å². The summed E-state index contributed by atoms with van der Waals surface area (Å²) in [6.45, 7) is 5.74. The lowest BCUT2D eigenvalue weighted by molar-refractivity contribution is -0.384. The van der Waals surface area contributed by atoms with E-state index in [1.54, 1.807) is 29.2 Å². The Balaban J connectivity index is 1.60. The summed E-state index contributed by atoms with van der Waals surface area (Å²) in [5, 5.41) is 11.5. The van der Waals surface area contributed by atoms with Crippen molar-refractivity contribution in [2.75, 3.05) is 39.4 Å². The molecule has 3 heterocycles. The van der Waals surface area contributed by atoms with Crippen molar-refractivity contribution >= 4 is 22.6 Å². The number of amides is 1. The van der Waals surface area contributed by atoms with Gasteiger partial charge in [0.05, 0.1) is 35.1 Å². The van der Waals surface area contributed by atoms with E-state index in [4.69, 9.17) is 9.15 Å². The second-order valence-electron chi connectivity index (χ2n) is 8.38. The van der Waals surface area contributed by atoms with Crippen molar-refractivity contribution < 1.29 is 18.9 Å². The van der Waals surface area contributed by atoms with Crippen LogP contribution in [0.3, 0.4) is 0 Å². The molecule has 1 amide bonds. The van der Waals surface area contributed by atoms with E-state index in [0.29, 0.717) is 42.8 Å². The molecule has 3 aromatic rings. The Bertz CT molecular complexity index is 1290. The minimum atomic E-state index is -0.671. The molecule has 0 bridgehead atoms. The predicted molar refractivity (Wildman–Crippen MR) is 120 cm³/mol. The lowest BCUT2D eigenvalue weighted by Gasteiger charge is -2.31. The Hall–Kier alpha value is -3.56. The molecule has 2 aliphatic rings. The maximum atomic E-state index is 13.6. The van der Waals surface area contributed by atoms with Gasteiger partial charge in [0.15, 0.2) is 5.43 Å².